The number of nitrogens with zero attached hydrogens (tertiary/aromatic N) is 1. The molecule has 4 heteroatoms. The van der Waals surface area contributed by atoms with Crippen molar-refractivity contribution in [2.75, 3.05) is 11.9 Å². The van der Waals surface area contributed by atoms with Gasteiger partial charge in [-0.2, -0.15) is 5.26 Å². The van der Waals surface area contributed by atoms with E-state index < -0.39 is 5.82 Å². The minimum absolute atomic E-state index is 0.192. The number of halogens is 1. The Morgan fingerprint density at radius 3 is 2.88 bits per heavy atom. The summed E-state index contributed by atoms with van der Waals surface area (Å²) in [6.45, 7) is 0.535. The van der Waals surface area contributed by atoms with Crippen LogP contribution in [-0.4, -0.2) is 12.6 Å². The molecule has 0 aromatic heterocycles. The fourth-order valence-corrected chi connectivity index (χ4v) is 1.80. The van der Waals surface area contributed by atoms with Crippen LogP contribution in [0.3, 0.4) is 0 Å². The fraction of sp³-hybridized carbons (Fsp3) is 0.417. The molecule has 1 saturated carbocycles. The minimum atomic E-state index is -0.391. The number of hydrogen-bond acceptors (Lipinski definition) is 3. The van der Waals surface area contributed by atoms with E-state index in [9.17, 15) is 4.39 Å². The number of nitrogens with two attached hydrogens (primary N) is 1. The average Bonchev–Trinajstić information content (AvgIpc) is 3.11. The van der Waals surface area contributed by atoms with Gasteiger partial charge in [0.1, 0.15) is 11.9 Å². The number of rotatable bonds is 4. The highest BCUT2D eigenvalue weighted by Crippen LogP contribution is 2.34. The molecule has 0 amide bonds. The largest absolute Gasteiger partial charge is 0.380 e. The summed E-state index contributed by atoms with van der Waals surface area (Å²) in [5.41, 5.74) is 6.67. The summed E-state index contributed by atoms with van der Waals surface area (Å²) in [4.78, 5) is 0. The second-order valence-electron chi connectivity index (χ2n) is 4.13. The normalized spacial score (nSPS) is 16.6. The third-order valence-corrected chi connectivity index (χ3v) is 2.89. The lowest BCUT2D eigenvalue weighted by molar-refractivity contribution is 0.625. The van der Waals surface area contributed by atoms with Crippen molar-refractivity contribution in [2.24, 2.45) is 11.7 Å². The summed E-state index contributed by atoms with van der Waals surface area (Å²) >= 11 is 0. The predicted molar refractivity (Wildman–Crippen MR) is 60.3 cm³/mol. The molecule has 1 aromatic carbocycles. The molecule has 84 valence electrons. The Hall–Kier alpha value is -1.60. The van der Waals surface area contributed by atoms with Crippen LogP contribution < -0.4 is 11.1 Å². The summed E-state index contributed by atoms with van der Waals surface area (Å²) in [6, 6.07) is 6.36. The van der Waals surface area contributed by atoms with Crippen molar-refractivity contribution in [3.63, 3.8) is 0 Å². The van der Waals surface area contributed by atoms with Gasteiger partial charge in [-0.25, -0.2) is 4.39 Å². The molecule has 1 fully saturated rings. The van der Waals surface area contributed by atoms with Crippen LogP contribution in [0.1, 0.15) is 18.4 Å². The van der Waals surface area contributed by atoms with Crippen LogP contribution in [0, 0.1) is 23.1 Å². The Bertz CT molecular complexity index is 421. The number of nitrogens with one attached hydrogen (secondary N) is 1. The molecule has 0 radical (unpaired) electrons. The van der Waals surface area contributed by atoms with Gasteiger partial charge in [0.25, 0.3) is 0 Å². The third-order valence-electron chi connectivity index (χ3n) is 2.89. The molecular formula is C12H14FN3. The van der Waals surface area contributed by atoms with Gasteiger partial charge >= 0.3 is 0 Å². The van der Waals surface area contributed by atoms with Crippen molar-refractivity contribution in [3.05, 3.63) is 29.6 Å². The maximum Gasteiger partial charge on any atom is 0.124 e. The number of benzene rings is 1. The van der Waals surface area contributed by atoms with E-state index in [-0.39, 0.29) is 6.04 Å². The standard InChI is InChI=1S/C12H14FN3/c13-10-3-4-11(9(5-10)6-14)16-12(7-15)8-1-2-8/h3-5,8,12,16H,1-2,7,15H2. The van der Waals surface area contributed by atoms with E-state index in [0.717, 1.165) is 0 Å². The molecule has 2 rings (SSSR count). The Balaban J connectivity index is 2.16. The molecule has 0 bridgehead atoms. The zero-order chi connectivity index (χ0) is 11.5. The molecule has 1 unspecified atom stereocenters. The van der Waals surface area contributed by atoms with E-state index in [4.69, 9.17) is 11.0 Å². The first-order valence-corrected chi connectivity index (χ1v) is 5.41. The van der Waals surface area contributed by atoms with Gasteiger partial charge in [-0.05, 0) is 37.0 Å². The SMILES string of the molecule is N#Cc1cc(F)ccc1NC(CN)C1CC1. The van der Waals surface area contributed by atoms with E-state index in [1.165, 1.54) is 25.0 Å². The Morgan fingerprint density at radius 2 is 2.31 bits per heavy atom. The van der Waals surface area contributed by atoms with E-state index >= 15 is 0 Å². The molecule has 0 aliphatic heterocycles. The van der Waals surface area contributed by atoms with Crippen molar-refractivity contribution in [2.45, 2.75) is 18.9 Å². The van der Waals surface area contributed by atoms with E-state index in [1.54, 1.807) is 6.07 Å². The summed E-state index contributed by atoms with van der Waals surface area (Å²) < 4.78 is 12.9. The van der Waals surface area contributed by atoms with Crippen molar-refractivity contribution in [1.29, 1.82) is 5.26 Å². The van der Waals surface area contributed by atoms with Gasteiger partial charge in [0.15, 0.2) is 0 Å². The maximum atomic E-state index is 12.9. The zero-order valence-electron chi connectivity index (χ0n) is 8.91. The monoisotopic (exact) mass is 219 g/mol. The van der Waals surface area contributed by atoms with Crippen molar-refractivity contribution < 1.29 is 4.39 Å². The van der Waals surface area contributed by atoms with Crippen LogP contribution >= 0.6 is 0 Å². The van der Waals surface area contributed by atoms with Crippen LogP contribution in [0.25, 0.3) is 0 Å². The number of hydrogen-bond donors (Lipinski definition) is 2. The van der Waals surface area contributed by atoms with Crippen molar-refractivity contribution in [3.8, 4) is 6.07 Å². The quantitative estimate of drug-likeness (QED) is 0.812. The molecule has 3 N–H and O–H groups in total. The van der Waals surface area contributed by atoms with Gasteiger partial charge in [-0.3, -0.25) is 0 Å². The molecular weight excluding hydrogens is 205 g/mol. The lowest BCUT2D eigenvalue weighted by Gasteiger charge is -2.18. The van der Waals surface area contributed by atoms with E-state index in [2.05, 4.69) is 5.32 Å². The first-order chi connectivity index (χ1) is 7.74. The first-order valence-electron chi connectivity index (χ1n) is 5.41. The molecule has 16 heavy (non-hydrogen) atoms. The van der Waals surface area contributed by atoms with Crippen molar-refractivity contribution in [1.82, 2.24) is 0 Å². The number of nitriles is 1. The molecule has 0 saturated heterocycles. The summed E-state index contributed by atoms with van der Waals surface area (Å²) in [6.07, 6.45) is 2.36. The minimum Gasteiger partial charge on any atom is -0.380 e. The van der Waals surface area contributed by atoms with Crippen LogP contribution in [0.4, 0.5) is 10.1 Å². The number of anilines is 1. The smallest absolute Gasteiger partial charge is 0.124 e. The second kappa shape index (κ2) is 4.50. The summed E-state index contributed by atoms with van der Waals surface area (Å²) in [7, 11) is 0. The van der Waals surface area contributed by atoms with Crippen LogP contribution in [-0.2, 0) is 0 Å². The van der Waals surface area contributed by atoms with Gasteiger partial charge in [-0.1, -0.05) is 0 Å². The predicted octanol–water partition coefficient (Wildman–Crippen LogP) is 1.85. The Labute approximate surface area is 94.1 Å². The Morgan fingerprint density at radius 1 is 1.56 bits per heavy atom. The second-order valence-corrected chi connectivity index (χ2v) is 4.13. The van der Waals surface area contributed by atoms with Gasteiger partial charge in [0, 0.05) is 12.6 Å². The summed E-state index contributed by atoms with van der Waals surface area (Å²) in [5, 5.41) is 12.1. The summed E-state index contributed by atoms with van der Waals surface area (Å²) in [5.74, 6) is 0.208. The van der Waals surface area contributed by atoms with Gasteiger partial charge in [-0.15, -0.1) is 0 Å². The van der Waals surface area contributed by atoms with Gasteiger partial charge in [0.05, 0.1) is 11.3 Å². The lowest BCUT2D eigenvalue weighted by atomic mass is 10.1. The van der Waals surface area contributed by atoms with E-state index in [0.29, 0.717) is 23.7 Å². The highest BCUT2D eigenvalue weighted by Gasteiger charge is 2.30. The molecule has 1 aliphatic carbocycles. The Kier molecular flexibility index (Phi) is 3.07. The zero-order valence-corrected chi connectivity index (χ0v) is 8.91. The highest BCUT2D eigenvalue weighted by molar-refractivity contribution is 5.58. The lowest BCUT2D eigenvalue weighted by Crippen LogP contribution is -2.31. The first kappa shape index (κ1) is 10.9. The molecule has 1 atom stereocenters. The van der Waals surface area contributed by atoms with Crippen LogP contribution in [0.15, 0.2) is 18.2 Å². The molecule has 0 heterocycles. The molecule has 0 spiro atoms. The molecule has 1 aliphatic rings. The maximum absolute atomic E-state index is 12.9. The van der Waals surface area contributed by atoms with Crippen molar-refractivity contribution >= 4 is 5.69 Å². The van der Waals surface area contributed by atoms with Crippen LogP contribution in [0.5, 0.6) is 0 Å². The average molecular weight is 219 g/mol. The topological polar surface area (TPSA) is 61.8 Å². The molecule has 1 aromatic rings. The fourth-order valence-electron chi connectivity index (χ4n) is 1.80. The van der Waals surface area contributed by atoms with Crippen LogP contribution in [0.2, 0.25) is 0 Å². The van der Waals surface area contributed by atoms with E-state index in [1.807, 2.05) is 6.07 Å². The van der Waals surface area contributed by atoms with Gasteiger partial charge in [0.2, 0.25) is 0 Å². The third kappa shape index (κ3) is 2.31. The molecule has 3 nitrogen and oxygen atoms in total. The highest BCUT2D eigenvalue weighted by atomic mass is 19.1. The van der Waals surface area contributed by atoms with Gasteiger partial charge < -0.3 is 11.1 Å².